The van der Waals surface area contributed by atoms with Crippen LogP contribution in [0, 0.1) is 13.8 Å². The molecule has 1 N–H and O–H groups in total. The Morgan fingerprint density at radius 1 is 1.21 bits per heavy atom. The van der Waals surface area contributed by atoms with Crippen LogP contribution < -0.4 is 5.32 Å². The Hall–Kier alpha value is -1.55. The molecule has 0 unspecified atom stereocenters. The maximum absolute atomic E-state index is 12.1. The number of likely N-dealkylation sites (N-methyl/N-ethyl adjacent to an activating group) is 1. The highest BCUT2D eigenvalue weighted by atomic mass is 16.2. The Morgan fingerprint density at radius 2 is 1.89 bits per heavy atom. The van der Waals surface area contributed by atoms with Gasteiger partial charge in [-0.2, -0.15) is 0 Å². The maximum atomic E-state index is 12.1. The first-order chi connectivity index (χ1) is 9.08. The molecular formula is C15H23N3O. The van der Waals surface area contributed by atoms with E-state index in [0.29, 0.717) is 6.54 Å². The zero-order valence-electron chi connectivity index (χ0n) is 12.1. The molecule has 1 fully saturated rings. The minimum atomic E-state index is 0.189. The van der Waals surface area contributed by atoms with Gasteiger partial charge >= 0.3 is 0 Å². The van der Waals surface area contributed by atoms with Gasteiger partial charge in [-0.15, -0.1) is 0 Å². The van der Waals surface area contributed by atoms with Gasteiger partial charge in [-0.1, -0.05) is 12.1 Å². The molecule has 0 aliphatic carbocycles. The number of carbonyl (C=O) groups is 1. The summed E-state index contributed by atoms with van der Waals surface area (Å²) in [6.07, 6.45) is 0. The van der Waals surface area contributed by atoms with Crippen LogP contribution >= 0.6 is 0 Å². The normalized spacial score (nSPS) is 16.5. The van der Waals surface area contributed by atoms with Gasteiger partial charge in [0, 0.05) is 31.9 Å². The van der Waals surface area contributed by atoms with Crippen molar-refractivity contribution < 1.29 is 4.79 Å². The van der Waals surface area contributed by atoms with E-state index in [0.717, 1.165) is 31.9 Å². The van der Waals surface area contributed by atoms with Crippen molar-refractivity contribution in [3.05, 3.63) is 29.3 Å². The fourth-order valence-electron chi connectivity index (χ4n) is 2.28. The average Bonchev–Trinajstić information content (AvgIpc) is 2.41. The van der Waals surface area contributed by atoms with Crippen LogP contribution in [-0.2, 0) is 4.79 Å². The first-order valence-electron chi connectivity index (χ1n) is 6.84. The van der Waals surface area contributed by atoms with Crippen LogP contribution in [0.2, 0.25) is 0 Å². The highest BCUT2D eigenvalue weighted by Crippen LogP contribution is 2.17. The highest BCUT2D eigenvalue weighted by Gasteiger charge is 2.18. The number of amides is 1. The molecule has 2 rings (SSSR count). The molecule has 0 bridgehead atoms. The molecule has 1 heterocycles. The molecule has 104 valence electrons. The summed E-state index contributed by atoms with van der Waals surface area (Å²) in [6, 6.07) is 6.13. The van der Waals surface area contributed by atoms with E-state index in [-0.39, 0.29) is 5.91 Å². The molecule has 0 atom stereocenters. The Labute approximate surface area is 115 Å². The Kier molecular flexibility index (Phi) is 4.43. The van der Waals surface area contributed by atoms with E-state index in [9.17, 15) is 4.79 Å². The van der Waals surface area contributed by atoms with Crippen LogP contribution in [0.3, 0.4) is 0 Å². The summed E-state index contributed by atoms with van der Waals surface area (Å²) < 4.78 is 0. The zero-order chi connectivity index (χ0) is 13.8. The van der Waals surface area contributed by atoms with Gasteiger partial charge < -0.3 is 15.1 Å². The summed E-state index contributed by atoms with van der Waals surface area (Å²) in [5.74, 6) is 0.189. The number of hydrogen-bond acceptors (Lipinski definition) is 3. The summed E-state index contributed by atoms with van der Waals surface area (Å²) in [7, 11) is 2.09. The molecule has 1 aromatic rings. The van der Waals surface area contributed by atoms with Gasteiger partial charge in [0.05, 0.1) is 6.54 Å². The van der Waals surface area contributed by atoms with Crippen LogP contribution in [0.25, 0.3) is 0 Å². The van der Waals surface area contributed by atoms with Crippen molar-refractivity contribution in [2.45, 2.75) is 13.8 Å². The van der Waals surface area contributed by atoms with Crippen LogP contribution in [0.1, 0.15) is 11.1 Å². The van der Waals surface area contributed by atoms with Crippen LogP contribution in [0.4, 0.5) is 5.69 Å². The third-order valence-corrected chi connectivity index (χ3v) is 3.89. The number of nitrogens with one attached hydrogen (secondary N) is 1. The molecule has 1 aliphatic rings. The van der Waals surface area contributed by atoms with Crippen molar-refractivity contribution in [1.82, 2.24) is 9.80 Å². The van der Waals surface area contributed by atoms with Crippen molar-refractivity contribution in [3.8, 4) is 0 Å². The van der Waals surface area contributed by atoms with Gasteiger partial charge in [-0.25, -0.2) is 0 Å². The largest absolute Gasteiger partial charge is 0.376 e. The minimum absolute atomic E-state index is 0.189. The number of aryl methyl sites for hydroxylation is 1. The van der Waals surface area contributed by atoms with Gasteiger partial charge in [0.2, 0.25) is 5.91 Å². The van der Waals surface area contributed by atoms with Crippen LogP contribution in [0.15, 0.2) is 18.2 Å². The van der Waals surface area contributed by atoms with Gasteiger partial charge in [-0.3, -0.25) is 4.79 Å². The third kappa shape index (κ3) is 3.47. The lowest BCUT2D eigenvalue weighted by atomic mass is 10.1. The number of rotatable bonds is 3. The maximum Gasteiger partial charge on any atom is 0.241 e. The van der Waals surface area contributed by atoms with E-state index in [1.165, 1.54) is 11.1 Å². The van der Waals surface area contributed by atoms with Gasteiger partial charge in [0.25, 0.3) is 0 Å². The van der Waals surface area contributed by atoms with Gasteiger partial charge in [-0.05, 0) is 38.1 Å². The van der Waals surface area contributed by atoms with E-state index >= 15 is 0 Å². The summed E-state index contributed by atoms with van der Waals surface area (Å²) >= 11 is 0. The summed E-state index contributed by atoms with van der Waals surface area (Å²) in [5, 5.41) is 3.26. The molecule has 0 saturated carbocycles. The van der Waals surface area contributed by atoms with E-state index < -0.39 is 0 Å². The van der Waals surface area contributed by atoms with E-state index in [4.69, 9.17) is 0 Å². The summed E-state index contributed by atoms with van der Waals surface area (Å²) in [4.78, 5) is 16.3. The minimum Gasteiger partial charge on any atom is -0.376 e. The highest BCUT2D eigenvalue weighted by molar-refractivity contribution is 5.81. The smallest absolute Gasteiger partial charge is 0.241 e. The number of hydrogen-bond donors (Lipinski definition) is 1. The standard InChI is InChI=1S/C15H23N3O/c1-12-5-4-6-14(13(12)2)16-11-15(19)18-9-7-17(3)8-10-18/h4-6,16H,7-11H2,1-3H3. The lowest BCUT2D eigenvalue weighted by Crippen LogP contribution is -2.48. The lowest BCUT2D eigenvalue weighted by molar-refractivity contribution is -0.130. The number of carbonyl (C=O) groups excluding carboxylic acids is 1. The van der Waals surface area contributed by atoms with Crippen molar-refractivity contribution in [3.63, 3.8) is 0 Å². The number of nitrogens with zero attached hydrogens (tertiary/aromatic N) is 2. The first kappa shape index (κ1) is 13.9. The monoisotopic (exact) mass is 261 g/mol. The van der Waals surface area contributed by atoms with Gasteiger partial charge in [0.15, 0.2) is 0 Å². The number of anilines is 1. The molecule has 4 heteroatoms. The second kappa shape index (κ2) is 6.06. The average molecular weight is 261 g/mol. The second-order valence-electron chi connectivity index (χ2n) is 5.29. The van der Waals surface area contributed by atoms with Crippen LogP contribution in [-0.4, -0.2) is 55.5 Å². The van der Waals surface area contributed by atoms with Crippen molar-refractivity contribution >= 4 is 11.6 Å². The second-order valence-corrected chi connectivity index (χ2v) is 5.29. The molecule has 0 aromatic heterocycles. The molecule has 1 amide bonds. The summed E-state index contributed by atoms with van der Waals surface area (Å²) in [6.45, 7) is 8.16. The topological polar surface area (TPSA) is 35.6 Å². The van der Waals surface area contributed by atoms with Gasteiger partial charge in [0.1, 0.15) is 0 Å². The van der Waals surface area contributed by atoms with E-state index in [2.05, 4.69) is 37.2 Å². The number of piperazine rings is 1. The molecule has 0 spiro atoms. The Morgan fingerprint density at radius 3 is 2.58 bits per heavy atom. The third-order valence-electron chi connectivity index (χ3n) is 3.89. The van der Waals surface area contributed by atoms with Crippen molar-refractivity contribution in [2.24, 2.45) is 0 Å². The molecule has 1 aromatic carbocycles. The predicted molar refractivity (Wildman–Crippen MR) is 78.5 cm³/mol. The van der Waals surface area contributed by atoms with E-state index in [1.807, 2.05) is 17.0 Å². The zero-order valence-corrected chi connectivity index (χ0v) is 12.1. The van der Waals surface area contributed by atoms with Crippen molar-refractivity contribution in [2.75, 3.05) is 45.1 Å². The fraction of sp³-hybridized carbons (Fsp3) is 0.533. The first-order valence-corrected chi connectivity index (χ1v) is 6.84. The predicted octanol–water partition coefficient (Wildman–Crippen LogP) is 1.49. The fourth-order valence-corrected chi connectivity index (χ4v) is 2.28. The Bertz CT molecular complexity index is 451. The summed E-state index contributed by atoms with van der Waals surface area (Å²) in [5.41, 5.74) is 3.52. The molecule has 4 nitrogen and oxygen atoms in total. The molecule has 1 saturated heterocycles. The molecule has 19 heavy (non-hydrogen) atoms. The molecule has 1 aliphatic heterocycles. The molecule has 0 radical (unpaired) electrons. The lowest BCUT2D eigenvalue weighted by Gasteiger charge is -2.32. The Balaban J connectivity index is 1.88. The SMILES string of the molecule is Cc1cccc(NCC(=O)N2CCN(C)CC2)c1C. The number of benzene rings is 1. The van der Waals surface area contributed by atoms with Crippen molar-refractivity contribution in [1.29, 1.82) is 0 Å². The quantitative estimate of drug-likeness (QED) is 0.895. The van der Waals surface area contributed by atoms with E-state index in [1.54, 1.807) is 0 Å². The molecular weight excluding hydrogens is 238 g/mol. The van der Waals surface area contributed by atoms with Crippen LogP contribution in [0.5, 0.6) is 0 Å².